The van der Waals surface area contributed by atoms with Gasteiger partial charge in [0.05, 0.1) is 22.4 Å². The molecule has 2 aromatic heterocycles. The maximum Gasteiger partial charge on any atom is 0.152 e. The van der Waals surface area contributed by atoms with Gasteiger partial charge < -0.3 is 19.8 Å². The van der Waals surface area contributed by atoms with E-state index in [-0.39, 0.29) is 11.2 Å². The van der Waals surface area contributed by atoms with Crippen molar-refractivity contribution < 1.29 is 8.94 Å². The molecule has 0 radical (unpaired) electrons. The van der Waals surface area contributed by atoms with Crippen LogP contribution in [0, 0.1) is 11.2 Å². The molecule has 1 saturated carbocycles. The minimum Gasteiger partial charge on any atom is -0.611 e. The van der Waals surface area contributed by atoms with E-state index in [0.29, 0.717) is 29.4 Å². The number of aromatic nitrogens is 3. The van der Waals surface area contributed by atoms with E-state index < -0.39 is 11.2 Å². The van der Waals surface area contributed by atoms with Crippen molar-refractivity contribution >= 4 is 39.6 Å². The van der Waals surface area contributed by atoms with Crippen molar-refractivity contribution in [3.63, 3.8) is 0 Å². The van der Waals surface area contributed by atoms with E-state index in [1.807, 2.05) is 59.2 Å². The summed E-state index contributed by atoms with van der Waals surface area (Å²) >= 11 is 5.66. The Bertz CT molecular complexity index is 1740. The van der Waals surface area contributed by atoms with Gasteiger partial charge in [-0.2, -0.15) is 0 Å². The zero-order valence-corrected chi connectivity index (χ0v) is 27.3. The number of imidazole rings is 1. The Balaban J connectivity index is 1.05. The van der Waals surface area contributed by atoms with Crippen molar-refractivity contribution in [2.24, 2.45) is 5.41 Å². The number of hydrogen-bond donors (Lipinski definition) is 2. The molecule has 9 heteroatoms. The van der Waals surface area contributed by atoms with Crippen LogP contribution in [0.5, 0.6) is 0 Å². The molecule has 3 aromatic carbocycles. The summed E-state index contributed by atoms with van der Waals surface area (Å²) in [4.78, 5) is 10.0. The molecule has 1 atom stereocenters. The lowest BCUT2D eigenvalue weighted by atomic mass is 9.89. The first-order chi connectivity index (χ1) is 21.7. The maximum absolute atomic E-state index is 13.8. The van der Waals surface area contributed by atoms with Gasteiger partial charge in [0.1, 0.15) is 17.4 Å². The van der Waals surface area contributed by atoms with Crippen molar-refractivity contribution in [2.45, 2.75) is 63.1 Å². The molecule has 0 saturated heterocycles. The van der Waals surface area contributed by atoms with Crippen LogP contribution in [-0.2, 0) is 17.7 Å². The summed E-state index contributed by atoms with van der Waals surface area (Å²) in [7, 11) is 0. The highest BCUT2D eigenvalue weighted by atomic mass is 35.5. The summed E-state index contributed by atoms with van der Waals surface area (Å²) in [5.41, 5.74) is 4.51. The summed E-state index contributed by atoms with van der Waals surface area (Å²) < 4.78 is 28.6. The first-order valence-corrected chi connectivity index (χ1v) is 17.2. The molecule has 234 valence electrons. The van der Waals surface area contributed by atoms with E-state index in [2.05, 4.69) is 40.5 Å². The van der Waals surface area contributed by atoms with Crippen LogP contribution in [0.2, 0.25) is 5.02 Å². The summed E-state index contributed by atoms with van der Waals surface area (Å²) in [6.45, 7) is 5.74. The quantitative estimate of drug-likeness (QED) is 0.142. The largest absolute Gasteiger partial charge is 0.611 e. The molecule has 0 bridgehead atoms. The molecule has 1 aliphatic carbocycles. The summed E-state index contributed by atoms with van der Waals surface area (Å²) in [5, 5.41) is 7.98. The second-order valence-electron chi connectivity index (χ2n) is 12.8. The molecule has 0 amide bonds. The van der Waals surface area contributed by atoms with Gasteiger partial charge in [0.2, 0.25) is 0 Å². The third kappa shape index (κ3) is 8.05. The molecule has 2 heterocycles. The van der Waals surface area contributed by atoms with Gasteiger partial charge in [0.15, 0.2) is 4.90 Å². The molecular weight excluding hydrogens is 605 g/mol. The van der Waals surface area contributed by atoms with E-state index >= 15 is 0 Å². The second-order valence-corrected chi connectivity index (χ2v) is 14.7. The molecule has 1 unspecified atom stereocenters. The van der Waals surface area contributed by atoms with Crippen molar-refractivity contribution in [2.75, 3.05) is 17.6 Å². The van der Waals surface area contributed by atoms with E-state index in [0.717, 1.165) is 70.7 Å². The Morgan fingerprint density at radius 2 is 1.73 bits per heavy atom. The molecule has 1 fully saturated rings. The third-order valence-corrected chi connectivity index (χ3v) is 10.6. The van der Waals surface area contributed by atoms with Gasteiger partial charge in [-0.3, -0.25) is 0 Å². The fraction of sp³-hybridized carbons (Fsp3) is 0.333. The molecule has 6 nitrogen and oxygen atoms in total. The van der Waals surface area contributed by atoms with Crippen LogP contribution in [0.4, 0.5) is 10.2 Å². The van der Waals surface area contributed by atoms with Crippen LogP contribution in [0.25, 0.3) is 22.2 Å². The number of pyridine rings is 1. The van der Waals surface area contributed by atoms with Crippen LogP contribution in [0.1, 0.15) is 45.1 Å². The van der Waals surface area contributed by atoms with Gasteiger partial charge in [-0.15, -0.1) is 0 Å². The average Bonchev–Trinajstić information content (AvgIpc) is 3.43. The molecule has 1 aliphatic rings. The number of anilines is 1. The van der Waals surface area contributed by atoms with E-state index in [4.69, 9.17) is 11.6 Å². The summed E-state index contributed by atoms with van der Waals surface area (Å²) in [6, 6.07) is 25.3. The van der Waals surface area contributed by atoms with E-state index in [9.17, 15) is 8.94 Å². The molecule has 6 rings (SSSR count). The van der Waals surface area contributed by atoms with Crippen LogP contribution in [-0.4, -0.2) is 43.5 Å². The van der Waals surface area contributed by atoms with Gasteiger partial charge in [-0.25, -0.2) is 14.4 Å². The van der Waals surface area contributed by atoms with Crippen LogP contribution in [0.15, 0.2) is 96.3 Å². The molecule has 0 aliphatic heterocycles. The number of halogens is 2. The highest BCUT2D eigenvalue weighted by Crippen LogP contribution is 2.33. The molecule has 45 heavy (non-hydrogen) atoms. The Hall–Kier alpha value is -3.43. The standard InChI is InChI=1S/C36H39ClFN5OS/c1-36(2,23-45(44)30-9-4-3-5-10-30)22-40-28-12-14-29(15-13-28)42-35-19-31(32(37)20-39-35)26-11-16-33-34(18-26)43(24-41-33)21-25-7-6-8-27(38)17-25/h3-11,16-20,24,28-29,40H,12-15,21-23H2,1-2H3,(H,39,42)/t28-,29-,45?. The molecule has 2 N–H and O–H groups in total. The van der Waals surface area contributed by atoms with Crippen LogP contribution < -0.4 is 10.6 Å². The predicted molar refractivity (Wildman–Crippen MR) is 183 cm³/mol. The average molecular weight is 644 g/mol. The van der Waals surface area contributed by atoms with Crippen LogP contribution >= 0.6 is 11.6 Å². The van der Waals surface area contributed by atoms with Crippen LogP contribution in [0.3, 0.4) is 0 Å². The highest BCUT2D eigenvalue weighted by Gasteiger charge is 2.29. The minimum atomic E-state index is -1.00. The van der Waals surface area contributed by atoms with Gasteiger partial charge in [0, 0.05) is 42.3 Å². The zero-order chi connectivity index (χ0) is 31.4. The number of hydrogen-bond acceptors (Lipinski definition) is 5. The lowest BCUT2D eigenvalue weighted by Gasteiger charge is -2.33. The Kier molecular flexibility index (Phi) is 9.75. The second kappa shape index (κ2) is 13.9. The molecular formula is C36H39ClFN5OS. The summed E-state index contributed by atoms with van der Waals surface area (Å²) in [5.74, 6) is 1.19. The van der Waals surface area contributed by atoms with Crippen molar-refractivity contribution in [3.05, 3.63) is 108 Å². The molecule has 0 spiro atoms. The molecule has 5 aromatic rings. The number of nitrogens with zero attached hydrogens (tertiary/aromatic N) is 3. The Labute approximate surface area is 272 Å². The lowest BCUT2D eigenvalue weighted by Crippen LogP contribution is -2.43. The van der Waals surface area contributed by atoms with Crippen molar-refractivity contribution in [3.8, 4) is 11.1 Å². The maximum atomic E-state index is 13.8. The third-order valence-electron chi connectivity index (χ3n) is 8.51. The SMILES string of the molecule is CC(C)(CN[C@H]1CC[C@H](Nc2cc(-c3ccc4ncn(Cc5cccc(F)c5)c4c3)c(Cl)cn2)CC1)C[S+]([O-])c1ccccc1. The normalized spacial score (nSPS) is 17.8. The predicted octanol–water partition coefficient (Wildman–Crippen LogP) is 8.09. The smallest absolute Gasteiger partial charge is 0.152 e. The zero-order valence-electron chi connectivity index (χ0n) is 25.7. The number of fused-ring (bicyclic) bond motifs is 1. The van der Waals surface area contributed by atoms with Gasteiger partial charge in [0.25, 0.3) is 0 Å². The lowest BCUT2D eigenvalue weighted by molar-refractivity contribution is 0.300. The number of nitrogens with one attached hydrogen (secondary N) is 2. The summed E-state index contributed by atoms with van der Waals surface area (Å²) in [6.07, 6.45) is 7.72. The fourth-order valence-electron chi connectivity index (χ4n) is 6.05. The monoisotopic (exact) mass is 643 g/mol. The topological polar surface area (TPSA) is 77.8 Å². The first kappa shape index (κ1) is 31.5. The number of rotatable bonds is 11. The number of benzene rings is 3. The van der Waals surface area contributed by atoms with E-state index in [1.165, 1.54) is 6.07 Å². The highest BCUT2D eigenvalue weighted by molar-refractivity contribution is 7.91. The minimum absolute atomic E-state index is 0.0698. The van der Waals surface area contributed by atoms with Gasteiger partial charge in [-0.1, -0.05) is 61.8 Å². The Morgan fingerprint density at radius 1 is 0.956 bits per heavy atom. The van der Waals surface area contributed by atoms with E-state index in [1.54, 1.807) is 24.7 Å². The van der Waals surface area contributed by atoms with Crippen molar-refractivity contribution in [1.29, 1.82) is 0 Å². The van der Waals surface area contributed by atoms with Gasteiger partial charge >= 0.3 is 0 Å². The Morgan fingerprint density at radius 3 is 2.51 bits per heavy atom. The van der Waals surface area contributed by atoms with Crippen molar-refractivity contribution in [1.82, 2.24) is 19.9 Å². The first-order valence-electron chi connectivity index (χ1n) is 15.5. The van der Waals surface area contributed by atoms with Gasteiger partial charge in [-0.05, 0) is 90.5 Å². The fourth-order valence-corrected chi connectivity index (χ4v) is 7.71.